The molecule has 1 aliphatic heterocycles. The number of fused-ring (bicyclic) bond motifs is 2. The summed E-state index contributed by atoms with van der Waals surface area (Å²) in [7, 11) is -3.85. The van der Waals surface area contributed by atoms with Crippen LogP contribution in [0.2, 0.25) is 0 Å². The molecule has 0 radical (unpaired) electrons. The van der Waals surface area contributed by atoms with E-state index in [2.05, 4.69) is 47.8 Å². The van der Waals surface area contributed by atoms with Gasteiger partial charge in [0.05, 0.1) is 19.4 Å². The molecule has 0 bridgehead atoms. The van der Waals surface area contributed by atoms with Gasteiger partial charge < -0.3 is 0 Å². The lowest BCUT2D eigenvalue weighted by Gasteiger charge is -2.49. The fourth-order valence-corrected chi connectivity index (χ4v) is 17.4. The van der Waals surface area contributed by atoms with E-state index in [9.17, 15) is 0 Å². The van der Waals surface area contributed by atoms with Crippen molar-refractivity contribution in [2.75, 3.05) is 6.54 Å². The monoisotopic (exact) mass is 653 g/mol. The normalized spacial score (nSPS) is 20.6. The average molecular weight is 654 g/mol. The van der Waals surface area contributed by atoms with Gasteiger partial charge in [0.2, 0.25) is 0 Å². The topological polar surface area (TPSA) is 3.24 Å². The van der Waals surface area contributed by atoms with Crippen LogP contribution < -0.4 is 10.6 Å². The van der Waals surface area contributed by atoms with E-state index < -0.39 is 15.5 Å². The highest BCUT2D eigenvalue weighted by atomic mass is 31.2. The molecule has 1 heterocycles. The summed E-state index contributed by atoms with van der Waals surface area (Å²) in [5.41, 5.74) is 9.27. The third-order valence-corrected chi connectivity index (χ3v) is 19.0. The Kier molecular flexibility index (Phi) is 9.75. The summed E-state index contributed by atoms with van der Waals surface area (Å²) in [6, 6.07) is 28.8. The fourth-order valence-electron chi connectivity index (χ4n) is 8.45. The molecule has 0 N–H and O–H groups in total. The number of nitrogens with zero attached hydrogens (tertiary/aromatic N) is 1. The Labute approximate surface area is 277 Å². The maximum absolute atomic E-state index is 16.0. The molecule has 240 valence electrons. The van der Waals surface area contributed by atoms with E-state index >= 15 is 8.78 Å². The van der Waals surface area contributed by atoms with E-state index in [1.165, 1.54) is 59.1 Å². The zero-order chi connectivity index (χ0) is 31.7. The van der Waals surface area contributed by atoms with Gasteiger partial charge in [-0.25, -0.2) is 8.78 Å². The van der Waals surface area contributed by atoms with E-state index in [1.54, 1.807) is 24.3 Å². The minimum Gasteiger partial charge on any atom is -0.206 e. The van der Waals surface area contributed by atoms with Crippen LogP contribution in [0.3, 0.4) is 0 Å². The summed E-state index contributed by atoms with van der Waals surface area (Å²) < 4.78 is 34.7. The Balaban J connectivity index is 1.44. The summed E-state index contributed by atoms with van der Waals surface area (Å²) in [6.45, 7) is 8.40. The number of hydrogen-bond acceptors (Lipinski definition) is 1. The molecule has 3 aliphatic rings. The molecule has 0 amide bonds. The van der Waals surface area contributed by atoms with Crippen molar-refractivity contribution >= 4 is 26.1 Å². The summed E-state index contributed by atoms with van der Waals surface area (Å²) >= 11 is 0. The SMILES string of the molecule is [CH2-][P+]1(N(CCCC)P(c2ccccc2F)c2ccccc2F)[C@H](c2ccc3c(c2)CCCC3)CC[C@H]1c1ccc2c(c1)CCCC2. The molecule has 2 atom stereocenters. The van der Waals surface area contributed by atoms with Crippen LogP contribution in [-0.2, 0) is 25.7 Å². The summed E-state index contributed by atoms with van der Waals surface area (Å²) in [5, 5.41) is 1.23. The van der Waals surface area contributed by atoms with Gasteiger partial charge in [0.15, 0.2) is 0 Å². The van der Waals surface area contributed by atoms with E-state index in [1.807, 2.05) is 24.3 Å². The van der Waals surface area contributed by atoms with Crippen LogP contribution in [0.5, 0.6) is 0 Å². The Morgan fingerprint density at radius 2 is 1.13 bits per heavy atom. The second-order valence-electron chi connectivity index (χ2n) is 13.6. The summed E-state index contributed by atoms with van der Waals surface area (Å²) in [6.07, 6.45) is 13.7. The first kappa shape index (κ1) is 32.1. The Hall–Kier alpha value is -2.44. The van der Waals surface area contributed by atoms with Crippen LogP contribution in [0.1, 0.15) is 103 Å². The average Bonchev–Trinajstić information content (AvgIpc) is 3.44. The third kappa shape index (κ3) is 6.02. The highest BCUT2D eigenvalue weighted by molar-refractivity contribution is 7.87. The van der Waals surface area contributed by atoms with Crippen molar-refractivity contribution in [2.24, 2.45) is 0 Å². The lowest BCUT2D eigenvalue weighted by Crippen LogP contribution is -2.33. The highest BCUT2D eigenvalue weighted by Crippen LogP contribution is 2.88. The van der Waals surface area contributed by atoms with E-state index in [0.29, 0.717) is 10.6 Å². The van der Waals surface area contributed by atoms with Crippen molar-refractivity contribution in [3.05, 3.63) is 137 Å². The third-order valence-electron chi connectivity index (χ3n) is 10.8. The first-order chi connectivity index (χ1) is 22.5. The minimum absolute atomic E-state index is 0.250. The molecule has 4 aromatic rings. The standard InChI is InChI=1S/C41H47F2NP2/c1-3-4-27-44(45(38-19-11-9-17-36(38)42)39-20-12-10-18-37(39)43)46(2)40(34-23-21-30-13-5-7-15-32(30)28-34)25-26-41(46)35-24-22-31-14-6-8-16-33(31)29-35/h9-12,17-24,28-29,40-41H,2-8,13-16,25-27H2,1H3/t40-,41-/m0/s1. The smallest absolute Gasteiger partial charge is 0.132 e. The van der Waals surface area contributed by atoms with Gasteiger partial charge in [0.25, 0.3) is 0 Å². The van der Waals surface area contributed by atoms with Gasteiger partial charge in [-0.05, 0) is 136 Å². The maximum Gasteiger partial charge on any atom is 0.132 e. The second kappa shape index (κ2) is 14.0. The molecule has 1 fully saturated rings. The zero-order valence-electron chi connectivity index (χ0n) is 27.2. The maximum atomic E-state index is 16.0. The molecular formula is C41H47F2NP2. The molecule has 1 saturated heterocycles. The fraction of sp³-hybridized carbons (Fsp3) is 0.390. The van der Waals surface area contributed by atoms with Crippen LogP contribution in [0, 0.1) is 18.3 Å². The molecule has 4 aromatic carbocycles. The van der Waals surface area contributed by atoms with Crippen LogP contribution in [-0.4, -0.2) is 11.0 Å². The predicted molar refractivity (Wildman–Crippen MR) is 194 cm³/mol. The summed E-state index contributed by atoms with van der Waals surface area (Å²) in [5.74, 6) is -0.500. The van der Waals surface area contributed by atoms with Crippen molar-refractivity contribution in [1.29, 1.82) is 0 Å². The van der Waals surface area contributed by atoms with Crippen molar-refractivity contribution < 1.29 is 8.78 Å². The van der Waals surface area contributed by atoms with Crippen LogP contribution in [0.15, 0.2) is 84.9 Å². The van der Waals surface area contributed by atoms with E-state index in [-0.39, 0.29) is 23.0 Å². The predicted octanol–water partition coefficient (Wildman–Crippen LogP) is 11.2. The van der Waals surface area contributed by atoms with Gasteiger partial charge in [-0.3, -0.25) is 0 Å². The van der Waals surface area contributed by atoms with Gasteiger partial charge in [0.1, 0.15) is 11.6 Å². The Morgan fingerprint density at radius 1 is 0.674 bits per heavy atom. The number of benzene rings is 4. The van der Waals surface area contributed by atoms with Gasteiger partial charge in [0, 0.05) is 17.2 Å². The van der Waals surface area contributed by atoms with Crippen LogP contribution in [0.4, 0.5) is 8.78 Å². The molecule has 0 saturated carbocycles. The van der Waals surface area contributed by atoms with Crippen LogP contribution in [0.25, 0.3) is 0 Å². The second-order valence-corrected chi connectivity index (χ2v) is 19.5. The molecule has 2 aliphatic carbocycles. The minimum atomic E-state index is -2.34. The number of aryl methyl sites for hydroxylation is 4. The van der Waals surface area contributed by atoms with Crippen molar-refractivity contribution in [2.45, 2.75) is 95.3 Å². The van der Waals surface area contributed by atoms with Gasteiger partial charge in [-0.1, -0.05) is 74.0 Å². The molecule has 0 unspecified atom stereocenters. The number of hydrogen-bond donors (Lipinski definition) is 0. The summed E-state index contributed by atoms with van der Waals surface area (Å²) in [4.78, 5) is 0. The molecule has 0 spiro atoms. The van der Waals surface area contributed by atoms with Gasteiger partial charge in [-0.15, -0.1) is 0 Å². The van der Waals surface area contributed by atoms with Crippen molar-refractivity contribution in [3.63, 3.8) is 0 Å². The van der Waals surface area contributed by atoms with Crippen molar-refractivity contribution in [3.8, 4) is 0 Å². The Morgan fingerprint density at radius 3 is 1.59 bits per heavy atom. The quantitative estimate of drug-likeness (QED) is 0.128. The first-order valence-corrected chi connectivity index (χ1v) is 20.9. The van der Waals surface area contributed by atoms with Gasteiger partial charge >= 0.3 is 0 Å². The lowest BCUT2D eigenvalue weighted by molar-refractivity contribution is 0.612. The van der Waals surface area contributed by atoms with E-state index in [0.717, 1.165) is 57.9 Å². The first-order valence-electron chi connectivity index (χ1n) is 17.5. The molecule has 0 aromatic heterocycles. The molecular weight excluding hydrogens is 606 g/mol. The largest absolute Gasteiger partial charge is 0.206 e. The highest BCUT2D eigenvalue weighted by Gasteiger charge is 2.56. The van der Waals surface area contributed by atoms with E-state index in [4.69, 9.17) is 6.66 Å². The molecule has 5 heteroatoms. The zero-order valence-corrected chi connectivity index (χ0v) is 29.0. The molecule has 7 rings (SSSR count). The molecule has 46 heavy (non-hydrogen) atoms. The Bertz CT molecular complexity index is 1570. The number of unbranched alkanes of at least 4 members (excludes halogenated alkanes) is 1. The molecule has 1 nitrogen and oxygen atoms in total. The van der Waals surface area contributed by atoms with Crippen molar-refractivity contribution in [1.82, 2.24) is 4.44 Å². The van der Waals surface area contributed by atoms with Crippen LogP contribution >= 0.6 is 15.5 Å². The lowest BCUT2D eigenvalue weighted by atomic mass is 9.89. The number of halogens is 2. The van der Waals surface area contributed by atoms with Gasteiger partial charge in [-0.2, -0.15) is 11.1 Å². The number of rotatable bonds is 9.